The van der Waals surface area contributed by atoms with E-state index in [2.05, 4.69) is 33.6 Å². The van der Waals surface area contributed by atoms with Crippen LogP contribution in [-0.4, -0.2) is 73.9 Å². The van der Waals surface area contributed by atoms with Gasteiger partial charge in [0.05, 0.1) is 12.2 Å². The van der Waals surface area contributed by atoms with Crippen LogP contribution in [0, 0.1) is 5.92 Å². The lowest BCUT2D eigenvalue weighted by Gasteiger charge is -2.39. The zero-order valence-electron chi connectivity index (χ0n) is 15.5. The second-order valence-corrected chi connectivity index (χ2v) is 7.52. The Balaban J connectivity index is 1.51. The predicted octanol–water partition coefficient (Wildman–Crippen LogP) is 1.87. The highest BCUT2D eigenvalue weighted by molar-refractivity contribution is 5.42. The molecule has 0 radical (unpaired) electrons. The first kappa shape index (κ1) is 17.4. The molecule has 0 aliphatic carbocycles. The van der Waals surface area contributed by atoms with Crippen molar-refractivity contribution in [3.05, 3.63) is 12.3 Å². The molecule has 0 spiro atoms. The second-order valence-electron chi connectivity index (χ2n) is 7.52. The van der Waals surface area contributed by atoms with E-state index in [-0.39, 0.29) is 0 Å². The number of hydrogen-bond donors (Lipinski definition) is 0. The highest BCUT2D eigenvalue weighted by atomic mass is 16.5. The number of morpholine rings is 1. The molecule has 1 aromatic heterocycles. The molecule has 0 bridgehead atoms. The molecule has 2 atom stereocenters. The maximum absolute atomic E-state index is 5.84. The Kier molecular flexibility index (Phi) is 5.56. The zero-order chi connectivity index (χ0) is 17.1. The lowest BCUT2D eigenvalue weighted by Crippen LogP contribution is -2.48. The number of rotatable bonds is 4. The molecule has 2 aliphatic heterocycles. The van der Waals surface area contributed by atoms with Gasteiger partial charge < -0.3 is 14.5 Å². The second kappa shape index (κ2) is 7.66. The number of hydrogen-bond acceptors (Lipinski definition) is 6. The lowest BCUT2D eigenvalue weighted by molar-refractivity contribution is -0.0720. The zero-order valence-corrected chi connectivity index (χ0v) is 15.5. The summed E-state index contributed by atoms with van der Waals surface area (Å²) in [5, 5.41) is 0. The van der Waals surface area contributed by atoms with Crippen LogP contribution in [0.3, 0.4) is 0 Å². The van der Waals surface area contributed by atoms with Gasteiger partial charge in [0, 0.05) is 53.0 Å². The molecule has 2 aliphatic rings. The third kappa shape index (κ3) is 4.36. The highest BCUT2D eigenvalue weighted by Gasteiger charge is 2.27. The Morgan fingerprint density at radius 3 is 2.46 bits per heavy atom. The Hall–Kier alpha value is -1.40. The predicted molar refractivity (Wildman–Crippen MR) is 97.7 cm³/mol. The summed E-state index contributed by atoms with van der Waals surface area (Å²) in [7, 11) is 4.03. The molecule has 0 amide bonds. The highest BCUT2D eigenvalue weighted by Crippen LogP contribution is 2.23. The largest absolute Gasteiger partial charge is 0.373 e. The van der Waals surface area contributed by atoms with E-state index in [0.29, 0.717) is 12.2 Å². The van der Waals surface area contributed by atoms with Crippen LogP contribution < -0.4 is 9.80 Å². The van der Waals surface area contributed by atoms with Crippen molar-refractivity contribution in [2.45, 2.75) is 38.9 Å². The fourth-order valence-corrected chi connectivity index (χ4v) is 3.85. The summed E-state index contributed by atoms with van der Waals surface area (Å²) in [5.41, 5.74) is 0. The molecule has 6 heteroatoms. The van der Waals surface area contributed by atoms with E-state index in [1.54, 1.807) is 0 Å². The van der Waals surface area contributed by atoms with Gasteiger partial charge in [-0.3, -0.25) is 4.90 Å². The molecule has 0 N–H and O–H groups in total. The SMILES string of the molecule is C[C@@H]1CN(CC2CCN(c3nccc(N(C)C)n3)CC2)C[C@H](C)O1. The molecule has 24 heavy (non-hydrogen) atoms. The third-order valence-corrected chi connectivity index (χ3v) is 5.00. The summed E-state index contributed by atoms with van der Waals surface area (Å²) >= 11 is 0. The minimum absolute atomic E-state index is 0.357. The molecule has 0 saturated carbocycles. The fraction of sp³-hybridized carbons (Fsp3) is 0.778. The minimum atomic E-state index is 0.357. The third-order valence-electron chi connectivity index (χ3n) is 5.00. The molecule has 134 valence electrons. The van der Waals surface area contributed by atoms with Crippen molar-refractivity contribution >= 4 is 11.8 Å². The summed E-state index contributed by atoms with van der Waals surface area (Å²) in [6, 6.07) is 1.96. The quantitative estimate of drug-likeness (QED) is 0.838. The van der Waals surface area contributed by atoms with Gasteiger partial charge in [-0.2, -0.15) is 4.98 Å². The monoisotopic (exact) mass is 333 g/mol. The molecule has 6 nitrogen and oxygen atoms in total. The Morgan fingerprint density at radius 2 is 1.83 bits per heavy atom. The number of aromatic nitrogens is 2. The van der Waals surface area contributed by atoms with Crippen molar-refractivity contribution in [3.63, 3.8) is 0 Å². The van der Waals surface area contributed by atoms with Gasteiger partial charge >= 0.3 is 0 Å². The van der Waals surface area contributed by atoms with E-state index < -0.39 is 0 Å². The van der Waals surface area contributed by atoms with Gasteiger partial charge in [-0.05, 0) is 38.7 Å². The number of anilines is 2. The van der Waals surface area contributed by atoms with Gasteiger partial charge in [0.1, 0.15) is 5.82 Å². The van der Waals surface area contributed by atoms with Crippen LogP contribution in [0.4, 0.5) is 11.8 Å². The van der Waals surface area contributed by atoms with Crippen molar-refractivity contribution < 1.29 is 4.74 Å². The van der Waals surface area contributed by atoms with Crippen molar-refractivity contribution in [3.8, 4) is 0 Å². The minimum Gasteiger partial charge on any atom is -0.373 e. The molecule has 2 saturated heterocycles. The van der Waals surface area contributed by atoms with Gasteiger partial charge in [0.25, 0.3) is 0 Å². The number of ether oxygens (including phenoxy) is 1. The maximum Gasteiger partial charge on any atom is 0.227 e. The first-order valence-electron chi connectivity index (χ1n) is 9.14. The molecule has 3 heterocycles. The average molecular weight is 333 g/mol. The van der Waals surface area contributed by atoms with E-state index in [1.807, 2.05) is 31.3 Å². The van der Waals surface area contributed by atoms with Crippen molar-refractivity contribution in [2.75, 3.05) is 56.6 Å². The van der Waals surface area contributed by atoms with Gasteiger partial charge in [0.2, 0.25) is 5.95 Å². The molecular formula is C18H31N5O. The van der Waals surface area contributed by atoms with Gasteiger partial charge in [-0.15, -0.1) is 0 Å². The molecule has 2 fully saturated rings. The standard InChI is InChI=1S/C18H31N5O/c1-14-11-22(12-15(2)24-14)13-16-6-9-23(10-7-16)18-19-8-5-17(20-18)21(3)4/h5,8,14-16H,6-7,9-13H2,1-4H3/t14-,15+. The van der Waals surface area contributed by atoms with Gasteiger partial charge in [0.15, 0.2) is 0 Å². The first-order chi connectivity index (χ1) is 11.5. The van der Waals surface area contributed by atoms with Crippen LogP contribution in [0.15, 0.2) is 12.3 Å². The van der Waals surface area contributed by atoms with E-state index in [0.717, 1.165) is 43.9 Å². The van der Waals surface area contributed by atoms with E-state index in [4.69, 9.17) is 4.74 Å². The van der Waals surface area contributed by atoms with Crippen LogP contribution in [0.25, 0.3) is 0 Å². The maximum atomic E-state index is 5.84. The Morgan fingerprint density at radius 1 is 1.17 bits per heavy atom. The summed E-state index contributed by atoms with van der Waals surface area (Å²) in [6.45, 7) is 9.80. The normalized spacial score (nSPS) is 26.6. The van der Waals surface area contributed by atoms with Crippen molar-refractivity contribution in [2.24, 2.45) is 5.92 Å². The summed E-state index contributed by atoms with van der Waals surface area (Å²) in [6.07, 6.45) is 5.01. The Labute approximate surface area is 145 Å². The lowest BCUT2D eigenvalue weighted by atomic mass is 9.96. The molecular weight excluding hydrogens is 302 g/mol. The van der Waals surface area contributed by atoms with Crippen LogP contribution in [0.2, 0.25) is 0 Å². The molecule has 3 rings (SSSR count). The summed E-state index contributed by atoms with van der Waals surface area (Å²) in [5.74, 6) is 2.61. The Bertz CT molecular complexity index is 520. The summed E-state index contributed by atoms with van der Waals surface area (Å²) in [4.78, 5) is 16.1. The summed E-state index contributed by atoms with van der Waals surface area (Å²) < 4.78 is 5.84. The van der Waals surface area contributed by atoms with Gasteiger partial charge in [-0.1, -0.05) is 0 Å². The number of piperidine rings is 1. The number of nitrogens with zero attached hydrogens (tertiary/aromatic N) is 5. The van der Waals surface area contributed by atoms with Crippen LogP contribution in [-0.2, 0) is 4.74 Å². The van der Waals surface area contributed by atoms with Crippen molar-refractivity contribution in [1.29, 1.82) is 0 Å². The fourth-order valence-electron chi connectivity index (χ4n) is 3.85. The van der Waals surface area contributed by atoms with Crippen LogP contribution >= 0.6 is 0 Å². The molecule has 0 aromatic carbocycles. The topological polar surface area (TPSA) is 44.7 Å². The average Bonchev–Trinajstić information content (AvgIpc) is 2.54. The molecule has 1 aromatic rings. The van der Waals surface area contributed by atoms with Crippen molar-refractivity contribution in [1.82, 2.24) is 14.9 Å². The van der Waals surface area contributed by atoms with E-state index in [1.165, 1.54) is 19.4 Å². The molecule has 0 unspecified atom stereocenters. The van der Waals surface area contributed by atoms with Crippen LogP contribution in [0.1, 0.15) is 26.7 Å². The van der Waals surface area contributed by atoms with Gasteiger partial charge in [-0.25, -0.2) is 4.98 Å². The van der Waals surface area contributed by atoms with Crippen LogP contribution in [0.5, 0.6) is 0 Å². The first-order valence-corrected chi connectivity index (χ1v) is 9.14. The van der Waals surface area contributed by atoms with E-state index in [9.17, 15) is 0 Å². The van der Waals surface area contributed by atoms with E-state index >= 15 is 0 Å². The smallest absolute Gasteiger partial charge is 0.227 e.